The van der Waals surface area contributed by atoms with Gasteiger partial charge in [-0.25, -0.2) is 4.79 Å². The Bertz CT molecular complexity index is 493. The van der Waals surface area contributed by atoms with Gasteiger partial charge in [-0.1, -0.05) is 12.1 Å². The number of nitrogens with zero attached hydrogens (tertiary/aromatic N) is 1. The van der Waals surface area contributed by atoms with Gasteiger partial charge >= 0.3 is 12.0 Å². The summed E-state index contributed by atoms with van der Waals surface area (Å²) < 4.78 is 0.801. The van der Waals surface area contributed by atoms with Crippen molar-refractivity contribution in [3.05, 3.63) is 28.7 Å². The van der Waals surface area contributed by atoms with Gasteiger partial charge in [-0.2, -0.15) is 0 Å². The summed E-state index contributed by atoms with van der Waals surface area (Å²) in [7, 11) is 0. The molecule has 1 saturated heterocycles. The minimum absolute atomic E-state index is 0.252. The Hall–Kier alpha value is -1.56. The zero-order valence-corrected chi connectivity index (χ0v) is 11.9. The second kappa shape index (κ2) is 6.06. The normalized spacial score (nSPS) is 19.0. The summed E-state index contributed by atoms with van der Waals surface area (Å²) in [6.45, 7) is 0.867. The third-order valence-electron chi connectivity index (χ3n) is 3.17. The Balaban J connectivity index is 2.00. The van der Waals surface area contributed by atoms with Crippen LogP contribution in [0.15, 0.2) is 28.7 Å². The molecule has 2 N–H and O–H groups in total. The molecule has 1 aromatic carbocycles. The molecule has 0 spiro atoms. The molecule has 2 rings (SSSR count). The van der Waals surface area contributed by atoms with Gasteiger partial charge in [0.15, 0.2) is 0 Å². The number of rotatable bonds is 2. The average Bonchev–Trinajstić information content (AvgIpc) is 2.41. The van der Waals surface area contributed by atoms with Crippen molar-refractivity contribution in [1.82, 2.24) is 4.90 Å². The molecule has 1 heterocycles. The zero-order valence-electron chi connectivity index (χ0n) is 10.3. The highest BCUT2D eigenvalue weighted by Crippen LogP contribution is 2.23. The van der Waals surface area contributed by atoms with Gasteiger partial charge in [-0.15, -0.1) is 0 Å². The Morgan fingerprint density at radius 1 is 1.37 bits per heavy atom. The summed E-state index contributed by atoms with van der Waals surface area (Å²) in [6, 6.07) is 7.07. The monoisotopic (exact) mass is 326 g/mol. The lowest BCUT2D eigenvalue weighted by Gasteiger charge is -2.30. The van der Waals surface area contributed by atoms with E-state index < -0.39 is 11.9 Å². The number of benzene rings is 1. The number of urea groups is 1. The smallest absolute Gasteiger partial charge is 0.321 e. The van der Waals surface area contributed by atoms with Crippen molar-refractivity contribution in [2.45, 2.75) is 12.8 Å². The number of carboxylic acid groups (broad SMARTS) is 1. The first-order valence-electron chi connectivity index (χ1n) is 6.11. The molecule has 102 valence electrons. The number of carbonyl (C=O) groups excluding carboxylic acids is 1. The van der Waals surface area contributed by atoms with E-state index in [2.05, 4.69) is 21.2 Å². The molecule has 0 unspecified atom stereocenters. The lowest BCUT2D eigenvalue weighted by molar-refractivity contribution is -0.143. The third kappa shape index (κ3) is 3.47. The van der Waals surface area contributed by atoms with E-state index in [0.717, 1.165) is 10.9 Å². The maximum Gasteiger partial charge on any atom is 0.321 e. The number of amides is 2. The van der Waals surface area contributed by atoms with Crippen LogP contribution in [0.25, 0.3) is 0 Å². The highest BCUT2D eigenvalue weighted by Gasteiger charge is 2.28. The number of aliphatic carboxylic acids is 1. The lowest BCUT2D eigenvalue weighted by Crippen LogP contribution is -2.44. The minimum Gasteiger partial charge on any atom is -0.481 e. The topological polar surface area (TPSA) is 69.6 Å². The molecule has 0 aromatic heterocycles. The lowest BCUT2D eigenvalue weighted by atomic mass is 9.99. The molecule has 1 aromatic rings. The summed E-state index contributed by atoms with van der Waals surface area (Å²) in [5.41, 5.74) is 0.685. The molecular weight excluding hydrogens is 312 g/mol. The molecule has 0 aliphatic carbocycles. The largest absolute Gasteiger partial charge is 0.481 e. The summed E-state index contributed by atoms with van der Waals surface area (Å²) in [6.07, 6.45) is 1.36. The Morgan fingerprint density at radius 2 is 2.11 bits per heavy atom. The number of halogens is 1. The van der Waals surface area contributed by atoms with Crippen LogP contribution in [0.5, 0.6) is 0 Å². The molecule has 0 radical (unpaired) electrons. The van der Waals surface area contributed by atoms with E-state index in [9.17, 15) is 9.59 Å². The molecule has 5 nitrogen and oxygen atoms in total. The Kier molecular flexibility index (Phi) is 4.42. The van der Waals surface area contributed by atoms with E-state index in [-0.39, 0.29) is 12.6 Å². The summed E-state index contributed by atoms with van der Waals surface area (Å²) in [5.74, 6) is -1.29. The number of carbonyl (C=O) groups is 2. The summed E-state index contributed by atoms with van der Waals surface area (Å²) >= 11 is 3.36. The molecule has 1 atom stereocenters. The van der Waals surface area contributed by atoms with Crippen LogP contribution in [0.2, 0.25) is 0 Å². The fraction of sp³-hybridized carbons (Fsp3) is 0.385. The Labute approximate surface area is 119 Å². The van der Waals surface area contributed by atoms with Crippen LogP contribution in [-0.2, 0) is 4.79 Å². The molecule has 0 saturated carbocycles. The molecular formula is C13H15BrN2O3. The van der Waals surface area contributed by atoms with Crippen molar-refractivity contribution in [2.24, 2.45) is 5.92 Å². The fourth-order valence-electron chi connectivity index (χ4n) is 2.12. The molecule has 1 aliphatic heterocycles. The van der Waals surface area contributed by atoms with Gasteiger partial charge in [0.05, 0.1) is 11.6 Å². The second-order valence-corrected chi connectivity index (χ2v) is 5.39. The van der Waals surface area contributed by atoms with Gasteiger partial charge in [0.25, 0.3) is 0 Å². The summed E-state index contributed by atoms with van der Waals surface area (Å²) in [4.78, 5) is 24.6. The van der Waals surface area contributed by atoms with Crippen LogP contribution < -0.4 is 5.32 Å². The van der Waals surface area contributed by atoms with Crippen molar-refractivity contribution in [3.63, 3.8) is 0 Å². The average molecular weight is 327 g/mol. The molecule has 19 heavy (non-hydrogen) atoms. The quantitative estimate of drug-likeness (QED) is 0.877. The van der Waals surface area contributed by atoms with Crippen molar-refractivity contribution in [2.75, 3.05) is 18.4 Å². The van der Waals surface area contributed by atoms with Gasteiger partial charge in [-0.3, -0.25) is 4.79 Å². The zero-order chi connectivity index (χ0) is 13.8. The number of hydrogen-bond donors (Lipinski definition) is 2. The molecule has 2 amide bonds. The SMILES string of the molecule is O=C(O)[C@@H]1CCCN(C(=O)Nc2ccccc2Br)C1. The molecule has 0 bridgehead atoms. The van der Waals surface area contributed by atoms with Gasteiger partial charge in [0, 0.05) is 17.6 Å². The second-order valence-electron chi connectivity index (χ2n) is 4.53. The van der Waals surface area contributed by atoms with Crippen molar-refractivity contribution < 1.29 is 14.7 Å². The number of anilines is 1. The maximum absolute atomic E-state index is 12.1. The van der Waals surface area contributed by atoms with Crippen LogP contribution >= 0.6 is 15.9 Å². The van der Waals surface area contributed by atoms with Crippen LogP contribution in [0.4, 0.5) is 10.5 Å². The van der Waals surface area contributed by atoms with E-state index in [1.165, 1.54) is 0 Å². The number of hydrogen-bond acceptors (Lipinski definition) is 2. The highest BCUT2D eigenvalue weighted by atomic mass is 79.9. The van der Waals surface area contributed by atoms with E-state index in [0.29, 0.717) is 18.7 Å². The van der Waals surface area contributed by atoms with Gasteiger partial charge in [0.1, 0.15) is 0 Å². The van der Waals surface area contributed by atoms with Crippen molar-refractivity contribution in [3.8, 4) is 0 Å². The number of para-hydroxylation sites is 1. The van der Waals surface area contributed by atoms with Crippen molar-refractivity contribution in [1.29, 1.82) is 0 Å². The number of piperidine rings is 1. The van der Waals surface area contributed by atoms with E-state index in [4.69, 9.17) is 5.11 Å². The number of nitrogens with one attached hydrogen (secondary N) is 1. The van der Waals surface area contributed by atoms with E-state index in [1.54, 1.807) is 11.0 Å². The highest BCUT2D eigenvalue weighted by molar-refractivity contribution is 9.10. The molecule has 1 aliphatic rings. The first-order valence-corrected chi connectivity index (χ1v) is 6.90. The standard InChI is InChI=1S/C13H15BrN2O3/c14-10-5-1-2-6-11(10)15-13(19)16-7-3-4-9(8-16)12(17)18/h1-2,5-6,9H,3-4,7-8H2,(H,15,19)(H,17,18)/t9-/m1/s1. The van der Waals surface area contributed by atoms with Gasteiger partial charge < -0.3 is 15.3 Å². The van der Waals surface area contributed by atoms with Crippen LogP contribution in [0.1, 0.15) is 12.8 Å². The minimum atomic E-state index is -0.835. The summed E-state index contributed by atoms with van der Waals surface area (Å²) in [5, 5.41) is 11.8. The molecule has 1 fully saturated rings. The van der Waals surface area contributed by atoms with Gasteiger partial charge in [0.2, 0.25) is 0 Å². The van der Waals surface area contributed by atoms with E-state index >= 15 is 0 Å². The molecule has 6 heteroatoms. The Morgan fingerprint density at radius 3 is 2.79 bits per heavy atom. The first kappa shape index (κ1) is 13.9. The predicted octanol–water partition coefficient (Wildman–Crippen LogP) is 2.78. The number of likely N-dealkylation sites (tertiary alicyclic amines) is 1. The first-order chi connectivity index (χ1) is 9.08. The van der Waals surface area contributed by atoms with Crippen LogP contribution in [0.3, 0.4) is 0 Å². The van der Waals surface area contributed by atoms with Crippen LogP contribution in [0, 0.1) is 5.92 Å². The van der Waals surface area contributed by atoms with Gasteiger partial charge in [-0.05, 0) is 40.9 Å². The number of carboxylic acids is 1. The van der Waals surface area contributed by atoms with E-state index in [1.807, 2.05) is 18.2 Å². The third-order valence-corrected chi connectivity index (χ3v) is 3.86. The fourth-order valence-corrected chi connectivity index (χ4v) is 2.50. The van der Waals surface area contributed by atoms with Crippen LogP contribution in [-0.4, -0.2) is 35.1 Å². The predicted molar refractivity (Wildman–Crippen MR) is 75.1 cm³/mol. The maximum atomic E-state index is 12.1. The van der Waals surface area contributed by atoms with Crippen molar-refractivity contribution >= 4 is 33.6 Å².